The van der Waals surface area contributed by atoms with E-state index in [0.29, 0.717) is 0 Å². The lowest BCUT2D eigenvalue weighted by Gasteiger charge is -2.27. The van der Waals surface area contributed by atoms with Crippen molar-refractivity contribution in [2.75, 3.05) is 26.1 Å². The molecule has 0 aromatic rings. The van der Waals surface area contributed by atoms with Gasteiger partial charge in [-0.05, 0) is 20.8 Å². The summed E-state index contributed by atoms with van der Waals surface area (Å²) >= 11 is 0. The van der Waals surface area contributed by atoms with Gasteiger partial charge in [0.1, 0.15) is 6.61 Å². The fraction of sp³-hybridized carbons (Fsp3) is 1.00. The van der Waals surface area contributed by atoms with Crippen LogP contribution in [0.15, 0.2) is 0 Å². The van der Waals surface area contributed by atoms with E-state index in [1.54, 1.807) is 20.8 Å². The molecule has 17 heavy (non-hydrogen) atoms. The average Bonchev–Trinajstić information content (AvgIpc) is 2.12. The molecule has 0 N–H and O–H groups in total. The van der Waals surface area contributed by atoms with Gasteiger partial charge in [0.2, 0.25) is 0 Å². The lowest BCUT2D eigenvalue weighted by Crippen LogP contribution is -2.42. The third-order valence-corrected chi connectivity index (χ3v) is 3.71. The number of hydrogen-bond donors (Lipinski definition) is 0. The van der Waals surface area contributed by atoms with Crippen molar-refractivity contribution in [3.63, 3.8) is 0 Å². The van der Waals surface area contributed by atoms with E-state index in [9.17, 15) is 17.4 Å². The molecular formula is C10H19F3O3S. The normalized spacial score (nSPS) is 18.1. The van der Waals surface area contributed by atoms with E-state index < -0.39 is 28.3 Å². The molecule has 3 nitrogen and oxygen atoms in total. The Balaban J connectivity index is 4.27. The van der Waals surface area contributed by atoms with Crippen molar-refractivity contribution in [3.05, 3.63) is 0 Å². The Kier molecular flexibility index (Phi) is 6.65. The minimum atomic E-state index is -4.37. The Hall–Kier alpha value is -0.140. The van der Waals surface area contributed by atoms with Crippen LogP contribution in [0.25, 0.3) is 0 Å². The van der Waals surface area contributed by atoms with Gasteiger partial charge in [-0.1, -0.05) is 0 Å². The summed E-state index contributed by atoms with van der Waals surface area (Å²) in [5.41, 5.74) is 0. The van der Waals surface area contributed by atoms with Gasteiger partial charge in [-0.2, -0.15) is 13.2 Å². The van der Waals surface area contributed by atoms with Gasteiger partial charge in [0.15, 0.2) is 0 Å². The van der Waals surface area contributed by atoms with Crippen LogP contribution in [0.3, 0.4) is 0 Å². The zero-order valence-corrected chi connectivity index (χ0v) is 11.3. The molecule has 0 rings (SSSR count). The molecule has 0 saturated heterocycles. The SMILES string of the molecule is CC(C)OCC(C)(COCC(F)(F)F)S(C)=O. The van der Waals surface area contributed by atoms with Gasteiger partial charge in [-0.15, -0.1) is 0 Å². The molecule has 0 radical (unpaired) electrons. The minimum absolute atomic E-state index is 0.0690. The van der Waals surface area contributed by atoms with Crippen LogP contribution in [0, 0.1) is 0 Å². The molecule has 0 aliphatic carbocycles. The van der Waals surface area contributed by atoms with Crippen LogP contribution in [-0.2, 0) is 20.3 Å². The smallest absolute Gasteiger partial charge is 0.377 e. The Labute approximate surface area is 102 Å². The van der Waals surface area contributed by atoms with Crippen molar-refractivity contribution < 1.29 is 26.9 Å². The zero-order chi connectivity index (χ0) is 13.7. The summed E-state index contributed by atoms with van der Waals surface area (Å²) in [7, 11) is -1.33. The fourth-order valence-electron chi connectivity index (χ4n) is 0.933. The predicted octanol–water partition coefficient (Wildman–Crippen LogP) is 2.13. The average molecular weight is 276 g/mol. The van der Waals surface area contributed by atoms with Crippen molar-refractivity contribution in [3.8, 4) is 0 Å². The molecule has 104 valence electrons. The Bertz CT molecular complexity index is 256. The topological polar surface area (TPSA) is 35.5 Å². The zero-order valence-electron chi connectivity index (χ0n) is 10.5. The summed E-state index contributed by atoms with van der Waals surface area (Å²) in [6, 6.07) is 0. The molecule has 0 amide bonds. The standard InChI is InChI=1S/C10H19F3O3S/c1-8(2)16-6-9(3,17(4)14)5-15-7-10(11,12)13/h8H,5-7H2,1-4H3. The fourth-order valence-corrected chi connectivity index (χ4v) is 1.42. The van der Waals surface area contributed by atoms with E-state index in [-0.39, 0.29) is 19.3 Å². The second-order valence-electron chi connectivity index (χ2n) is 4.37. The first-order valence-corrected chi connectivity index (χ1v) is 6.72. The number of rotatable bonds is 7. The molecule has 0 bridgehead atoms. The first-order chi connectivity index (χ1) is 7.57. The van der Waals surface area contributed by atoms with Crippen LogP contribution in [0.2, 0.25) is 0 Å². The largest absolute Gasteiger partial charge is 0.411 e. The molecule has 2 unspecified atom stereocenters. The number of ether oxygens (including phenoxy) is 2. The monoisotopic (exact) mass is 276 g/mol. The summed E-state index contributed by atoms with van der Waals surface area (Å²) < 4.78 is 56.2. The maximum absolute atomic E-state index is 11.9. The maximum Gasteiger partial charge on any atom is 0.411 e. The highest BCUT2D eigenvalue weighted by Gasteiger charge is 2.33. The number of hydrogen-bond acceptors (Lipinski definition) is 3. The number of halogens is 3. The van der Waals surface area contributed by atoms with Crippen molar-refractivity contribution in [2.45, 2.75) is 37.8 Å². The lowest BCUT2D eigenvalue weighted by molar-refractivity contribution is -0.176. The van der Waals surface area contributed by atoms with Crippen molar-refractivity contribution >= 4 is 10.8 Å². The highest BCUT2D eigenvalue weighted by molar-refractivity contribution is 7.85. The summed E-state index contributed by atoms with van der Waals surface area (Å²) in [5, 5.41) is 0. The number of alkyl halides is 3. The van der Waals surface area contributed by atoms with E-state index in [4.69, 9.17) is 4.74 Å². The second kappa shape index (κ2) is 6.70. The van der Waals surface area contributed by atoms with E-state index in [2.05, 4.69) is 4.74 Å². The van der Waals surface area contributed by atoms with Gasteiger partial charge >= 0.3 is 6.18 Å². The summed E-state index contributed by atoms with van der Waals surface area (Å²) in [6.45, 7) is 3.71. The van der Waals surface area contributed by atoms with Crippen molar-refractivity contribution in [1.82, 2.24) is 0 Å². The van der Waals surface area contributed by atoms with Gasteiger partial charge in [0, 0.05) is 17.1 Å². The summed E-state index contributed by atoms with van der Waals surface area (Å²) in [5.74, 6) is 0. The first-order valence-electron chi connectivity index (χ1n) is 5.16. The van der Waals surface area contributed by atoms with Crippen LogP contribution < -0.4 is 0 Å². The van der Waals surface area contributed by atoms with Gasteiger partial charge in [-0.3, -0.25) is 4.21 Å². The van der Waals surface area contributed by atoms with E-state index in [0.717, 1.165) is 0 Å². The minimum Gasteiger partial charge on any atom is -0.377 e. The molecule has 7 heteroatoms. The van der Waals surface area contributed by atoms with Crippen LogP contribution >= 0.6 is 0 Å². The van der Waals surface area contributed by atoms with Crippen molar-refractivity contribution in [1.29, 1.82) is 0 Å². The quantitative estimate of drug-likeness (QED) is 0.714. The summed E-state index contributed by atoms with van der Waals surface area (Å²) in [6.07, 6.45) is -3.00. The molecule has 2 atom stereocenters. The molecule has 0 aromatic carbocycles. The van der Waals surface area contributed by atoms with Crippen LogP contribution in [-0.4, -0.2) is 47.3 Å². The second-order valence-corrected chi connectivity index (χ2v) is 6.27. The predicted molar refractivity (Wildman–Crippen MR) is 60.4 cm³/mol. The van der Waals surface area contributed by atoms with Crippen LogP contribution in [0.5, 0.6) is 0 Å². The van der Waals surface area contributed by atoms with Crippen molar-refractivity contribution in [2.24, 2.45) is 0 Å². The third kappa shape index (κ3) is 7.72. The molecule has 0 fully saturated rings. The summed E-state index contributed by atoms with van der Waals surface area (Å²) in [4.78, 5) is 0. The molecule has 0 aromatic heterocycles. The highest BCUT2D eigenvalue weighted by Crippen LogP contribution is 2.19. The van der Waals surface area contributed by atoms with Gasteiger partial charge in [0.05, 0.1) is 24.1 Å². The molecule has 0 heterocycles. The Morgan fingerprint density at radius 3 is 2.06 bits per heavy atom. The van der Waals surface area contributed by atoms with Gasteiger partial charge in [-0.25, -0.2) is 0 Å². The molecule has 0 aliphatic heterocycles. The Morgan fingerprint density at radius 1 is 1.18 bits per heavy atom. The van der Waals surface area contributed by atoms with Crippen LogP contribution in [0.4, 0.5) is 13.2 Å². The van der Waals surface area contributed by atoms with E-state index >= 15 is 0 Å². The maximum atomic E-state index is 11.9. The molecule has 0 saturated carbocycles. The first kappa shape index (κ1) is 16.9. The highest BCUT2D eigenvalue weighted by atomic mass is 32.2. The lowest BCUT2D eigenvalue weighted by atomic mass is 10.2. The van der Waals surface area contributed by atoms with Crippen LogP contribution in [0.1, 0.15) is 20.8 Å². The van der Waals surface area contributed by atoms with Gasteiger partial charge < -0.3 is 9.47 Å². The molecule has 0 aliphatic rings. The van der Waals surface area contributed by atoms with E-state index in [1.807, 2.05) is 0 Å². The van der Waals surface area contributed by atoms with Gasteiger partial charge in [0.25, 0.3) is 0 Å². The third-order valence-electron chi connectivity index (χ3n) is 2.09. The molecule has 0 spiro atoms. The Morgan fingerprint density at radius 2 is 1.71 bits per heavy atom. The van der Waals surface area contributed by atoms with E-state index in [1.165, 1.54) is 6.26 Å². The molecular weight excluding hydrogens is 257 g/mol.